The van der Waals surface area contributed by atoms with Crippen LogP contribution < -0.4 is 0 Å². The highest BCUT2D eigenvalue weighted by Crippen LogP contribution is 2.31. The van der Waals surface area contributed by atoms with E-state index >= 15 is 0 Å². The van der Waals surface area contributed by atoms with Crippen LogP contribution in [0.4, 0.5) is 0 Å². The summed E-state index contributed by atoms with van der Waals surface area (Å²) in [5, 5.41) is 0.946. The van der Waals surface area contributed by atoms with Crippen LogP contribution in [0.15, 0.2) is 47.4 Å². The van der Waals surface area contributed by atoms with Gasteiger partial charge in [-0.3, -0.25) is 0 Å². The second-order valence-corrected chi connectivity index (χ2v) is 6.78. The number of benzene rings is 2. The van der Waals surface area contributed by atoms with Gasteiger partial charge in [-0.1, -0.05) is 41.4 Å². The zero-order valence-electron chi connectivity index (χ0n) is 9.52. The largest absolute Gasteiger partial charge is 0.224 e. The van der Waals surface area contributed by atoms with Crippen LogP contribution in [0.3, 0.4) is 0 Å². The predicted octanol–water partition coefficient (Wildman–Crippen LogP) is 4.06. The average Bonchev–Trinajstić information content (AvgIpc) is 2.26. The fraction of sp³-hybridized carbons (Fsp3) is 0.0769. The Morgan fingerprint density at radius 1 is 0.944 bits per heavy atom. The third-order valence-electron chi connectivity index (χ3n) is 2.46. The molecular weight excluding hydrogens is 291 g/mol. The standard InChI is InChI=1S/C13H10Cl2O2S/c1-18(16,17)13-5-3-2-4-12(13)9-6-10(14)8-11(15)7-9/h2-8H,1H3. The first kappa shape index (κ1) is 13.4. The molecule has 0 amide bonds. The summed E-state index contributed by atoms with van der Waals surface area (Å²) in [6, 6.07) is 11.8. The fourth-order valence-corrected chi connectivity index (χ4v) is 3.17. The fourth-order valence-electron chi connectivity index (χ4n) is 1.74. The lowest BCUT2D eigenvalue weighted by Crippen LogP contribution is -1.99. The Labute approximate surface area is 116 Å². The summed E-state index contributed by atoms with van der Waals surface area (Å²) < 4.78 is 23.5. The van der Waals surface area contributed by atoms with Crippen LogP contribution in [-0.4, -0.2) is 14.7 Å². The molecule has 0 atom stereocenters. The van der Waals surface area contributed by atoms with E-state index < -0.39 is 9.84 Å². The molecule has 18 heavy (non-hydrogen) atoms. The van der Waals surface area contributed by atoms with E-state index in [2.05, 4.69) is 0 Å². The number of hydrogen-bond acceptors (Lipinski definition) is 2. The lowest BCUT2D eigenvalue weighted by molar-refractivity contribution is 0.602. The topological polar surface area (TPSA) is 34.1 Å². The van der Waals surface area contributed by atoms with Crippen molar-refractivity contribution in [1.29, 1.82) is 0 Å². The van der Waals surface area contributed by atoms with Gasteiger partial charge in [0.2, 0.25) is 0 Å². The highest BCUT2D eigenvalue weighted by Gasteiger charge is 2.14. The molecule has 2 aromatic rings. The molecule has 0 saturated heterocycles. The molecule has 0 unspecified atom stereocenters. The lowest BCUT2D eigenvalue weighted by Gasteiger charge is -2.08. The van der Waals surface area contributed by atoms with E-state index in [0.717, 1.165) is 0 Å². The van der Waals surface area contributed by atoms with Crippen molar-refractivity contribution < 1.29 is 8.42 Å². The van der Waals surface area contributed by atoms with E-state index in [1.807, 2.05) is 0 Å². The van der Waals surface area contributed by atoms with E-state index in [-0.39, 0.29) is 4.90 Å². The Morgan fingerprint density at radius 3 is 2.06 bits per heavy atom. The Balaban J connectivity index is 2.72. The van der Waals surface area contributed by atoms with Crippen LogP contribution in [0, 0.1) is 0 Å². The molecule has 0 bridgehead atoms. The molecule has 0 aliphatic heterocycles. The molecule has 0 radical (unpaired) electrons. The molecule has 2 aromatic carbocycles. The maximum Gasteiger partial charge on any atom is 0.176 e. The summed E-state index contributed by atoms with van der Waals surface area (Å²) in [6.45, 7) is 0. The van der Waals surface area contributed by atoms with Crippen molar-refractivity contribution >= 4 is 33.0 Å². The van der Waals surface area contributed by atoms with Gasteiger partial charge in [-0.05, 0) is 29.8 Å². The summed E-state index contributed by atoms with van der Waals surface area (Å²) in [5.41, 5.74) is 1.29. The molecule has 94 valence electrons. The van der Waals surface area contributed by atoms with Crippen molar-refractivity contribution in [2.24, 2.45) is 0 Å². The van der Waals surface area contributed by atoms with Crippen LogP contribution >= 0.6 is 23.2 Å². The van der Waals surface area contributed by atoms with Crippen LogP contribution in [0.5, 0.6) is 0 Å². The van der Waals surface area contributed by atoms with Gasteiger partial charge in [0.25, 0.3) is 0 Å². The van der Waals surface area contributed by atoms with Crippen LogP contribution in [0.1, 0.15) is 0 Å². The molecule has 0 saturated carbocycles. The van der Waals surface area contributed by atoms with E-state index in [0.29, 0.717) is 21.2 Å². The first-order valence-electron chi connectivity index (χ1n) is 5.13. The van der Waals surface area contributed by atoms with Gasteiger partial charge < -0.3 is 0 Å². The van der Waals surface area contributed by atoms with E-state index in [1.165, 1.54) is 6.26 Å². The average molecular weight is 301 g/mol. The van der Waals surface area contributed by atoms with Crippen molar-refractivity contribution in [3.8, 4) is 11.1 Å². The number of halogens is 2. The quantitative estimate of drug-likeness (QED) is 0.838. The Hall–Kier alpha value is -1.03. The molecule has 0 aromatic heterocycles. The molecule has 0 aliphatic carbocycles. The number of sulfone groups is 1. The van der Waals surface area contributed by atoms with E-state index in [4.69, 9.17) is 23.2 Å². The molecule has 2 nitrogen and oxygen atoms in total. The highest BCUT2D eigenvalue weighted by molar-refractivity contribution is 7.90. The summed E-state index contributed by atoms with van der Waals surface area (Å²) in [5.74, 6) is 0. The molecule has 0 N–H and O–H groups in total. The maximum absolute atomic E-state index is 11.7. The van der Waals surface area contributed by atoms with Gasteiger partial charge in [0.15, 0.2) is 9.84 Å². The summed E-state index contributed by atoms with van der Waals surface area (Å²) in [7, 11) is -3.29. The minimum atomic E-state index is -3.29. The predicted molar refractivity (Wildman–Crippen MR) is 75.0 cm³/mol. The van der Waals surface area contributed by atoms with E-state index in [1.54, 1.807) is 42.5 Å². The summed E-state index contributed by atoms with van der Waals surface area (Å²) in [4.78, 5) is 0.267. The van der Waals surface area contributed by atoms with Gasteiger partial charge in [-0.25, -0.2) is 8.42 Å². The SMILES string of the molecule is CS(=O)(=O)c1ccccc1-c1cc(Cl)cc(Cl)c1. The molecule has 2 rings (SSSR count). The first-order chi connectivity index (χ1) is 8.38. The molecule has 5 heteroatoms. The molecule has 0 fully saturated rings. The van der Waals surface area contributed by atoms with Gasteiger partial charge in [0, 0.05) is 21.9 Å². The highest BCUT2D eigenvalue weighted by atomic mass is 35.5. The van der Waals surface area contributed by atoms with Crippen molar-refractivity contribution in [1.82, 2.24) is 0 Å². The Morgan fingerprint density at radius 2 is 1.50 bits per heavy atom. The van der Waals surface area contributed by atoms with Crippen molar-refractivity contribution in [3.05, 3.63) is 52.5 Å². The lowest BCUT2D eigenvalue weighted by atomic mass is 10.1. The van der Waals surface area contributed by atoms with Crippen LogP contribution in [-0.2, 0) is 9.84 Å². The van der Waals surface area contributed by atoms with Gasteiger partial charge >= 0.3 is 0 Å². The van der Waals surface area contributed by atoms with Gasteiger partial charge in [0.05, 0.1) is 4.90 Å². The van der Waals surface area contributed by atoms with Crippen LogP contribution in [0.25, 0.3) is 11.1 Å². The molecule has 0 aliphatic rings. The zero-order chi connectivity index (χ0) is 13.3. The number of hydrogen-bond donors (Lipinski definition) is 0. The van der Waals surface area contributed by atoms with Gasteiger partial charge in [-0.2, -0.15) is 0 Å². The van der Waals surface area contributed by atoms with Crippen molar-refractivity contribution in [2.45, 2.75) is 4.90 Å². The first-order valence-corrected chi connectivity index (χ1v) is 7.78. The molecule has 0 heterocycles. The number of rotatable bonds is 2. The van der Waals surface area contributed by atoms with Gasteiger partial charge in [0.1, 0.15) is 0 Å². The minimum absolute atomic E-state index is 0.267. The second-order valence-electron chi connectivity index (χ2n) is 3.93. The van der Waals surface area contributed by atoms with Crippen LogP contribution in [0.2, 0.25) is 10.0 Å². The minimum Gasteiger partial charge on any atom is -0.224 e. The molecular formula is C13H10Cl2O2S. The van der Waals surface area contributed by atoms with E-state index in [9.17, 15) is 8.42 Å². The smallest absolute Gasteiger partial charge is 0.176 e. The molecule has 0 spiro atoms. The maximum atomic E-state index is 11.7. The Kier molecular flexibility index (Phi) is 3.66. The third kappa shape index (κ3) is 2.86. The van der Waals surface area contributed by atoms with Crippen molar-refractivity contribution in [2.75, 3.05) is 6.26 Å². The second kappa shape index (κ2) is 4.92. The normalized spacial score (nSPS) is 11.5. The Bertz CT molecular complexity index is 674. The van der Waals surface area contributed by atoms with Crippen molar-refractivity contribution in [3.63, 3.8) is 0 Å². The van der Waals surface area contributed by atoms with Gasteiger partial charge in [-0.15, -0.1) is 0 Å². The monoisotopic (exact) mass is 300 g/mol. The summed E-state index contributed by atoms with van der Waals surface area (Å²) in [6.07, 6.45) is 1.18. The third-order valence-corrected chi connectivity index (χ3v) is 4.05. The zero-order valence-corrected chi connectivity index (χ0v) is 11.9. The summed E-state index contributed by atoms with van der Waals surface area (Å²) >= 11 is 11.9.